The van der Waals surface area contributed by atoms with Gasteiger partial charge >= 0.3 is 0 Å². The highest BCUT2D eigenvalue weighted by Gasteiger charge is 2.25. The lowest BCUT2D eigenvalue weighted by molar-refractivity contribution is -0.313. The predicted molar refractivity (Wildman–Crippen MR) is 28.4 cm³/mol. The van der Waals surface area contributed by atoms with Gasteiger partial charge in [-0.15, -0.1) is 0 Å². The summed E-state index contributed by atoms with van der Waals surface area (Å²) in [5.41, 5.74) is 0. The van der Waals surface area contributed by atoms with E-state index in [0.717, 1.165) is 6.42 Å². The molecule has 1 aliphatic rings. The zero-order valence-corrected chi connectivity index (χ0v) is 5.04. The number of carbonyl (C=O) groups is 1. The van der Waals surface area contributed by atoms with Gasteiger partial charge in [0.2, 0.25) is 0 Å². The zero-order chi connectivity index (χ0) is 6.85. The number of carboxylic acid groups (broad SMARTS) is 1. The summed E-state index contributed by atoms with van der Waals surface area (Å²) in [5, 5.41) is 19.1. The molecule has 0 amide bonds. The number of carbonyl (C=O) groups excluding carboxylic acids is 1. The summed E-state index contributed by atoms with van der Waals surface area (Å²) in [6, 6.07) is 0. The van der Waals surface area contributed by atoms with Crippen LogP contribution in [-0.4, -0.2) is 17.2 Å². The molecule has 1 N–H and O–H groups in total. The van der Waals surface area contributed by atoms with Crippen LogP contribution in [-0.2, 0) is 4.79 Å². The molecule has 3 heteroatoms. The molecule has 1 rings (SSSR count). The second-order valence-corrected chi connectivity index (χ2v) is 2.42. The van der Waals surface area contributed by atoms with Gasteiger partial charge in [-0.05, 0) is 12.8 Å². The van der Waals surface area contributed by atoms with E-state index in [0.29, 0.717) is 12.8 Å². The van der Waals surface area contributed by atoms with Crippen LogP contribution in [0.3, 0.4) is 0 Å². The highest BCUT2D eigenvalue weighted by molar-refractivity contribution is 5.68. The van der Waals surface area contributed by atoms with E-state index in [-0.39, 0.29) is 0 Å². The fraction of sp³-hybridized carbons (Fsp3) is 0.833. The Labute approximate surface area is 53.3 Å². The van der Waals surface area contributed by atoms with Gasteiger partial charge in [0.05, 0.1) is 6.10 Å². The summed E-state index contributed by atoms with van der Waals surface area (Å²) in [6.45, 7) is 0. The van der Waals surface area contributed by atoms with Gasteiger partial charge < -0.3 is 15.0 Å². The summed E-state index contributed by atoms with van der Waals surface area (Å²) >= 11 is 0. The molecule has 0 unspecified atom stereocenters. The van der Waals surface area contributed by atoms with Crippen molar-refractivity contribution in [2.24, 2.45) is 5.92 Å². The van der Waals surface area contributed by atoms with Crippen LogP contribution >= 0.6 is 0 Å². The Bertz CT molecular complexity index is 121. The van der Waals surface area contributed by atoms with Crippen molar-refractivity contribution in [1.29, 1.82) is 0 Å². The summed E-state index contributed by atoms with van der Waals surface area (Å²) in [4.78, 5) is 10.1. The normalized spacial score (nSPS) is 34.8. The number of rotatable bonds is 1. The van der Waals surface area contributed by atoms with Crippen LogP contribution in [0.25, 0.3) is 0 Å². The third kappa shape index (κ3) is 1.21. The molecule has 0 aromatic heterocycles. The Kier molecular flexibility index (Phi) is 1.71. The molecule has 0 heterocycles. The molecular weight excluding hydrogens is 120 g/mol. The van der Waals surface area contributed by atoms with E-state index in [4.69, 9.17) is 5.11 Å². The van der Waals surface area contributed by atoms with Crippen molar-refractivity contribution in [1.82, 2.24) is 0 Å². The summed E-state index contributed by atoms with van der Waals surface area (Å²) in [7, 11) is 0. The maximum atomic E-state index is 10.1. The van der Waals surface area contributed by atoms with Crippen LogP contribution in [0.5, 0.6) is 0 Å². The van der Waals surface area contributed by atoms with Crippen molar-refractivity contribution >= 4 is 5.97 Å². The standard InChI is InChI=1S/C6H10O3/c7-5-3-1-2-4(5)6(8)9/h4-5,7H,1-3H2,(H,8,9)/p-1/t4-,5+/m1/s1. The van der Waals surface area contributed by atoms with Gasteiger partial charge in [-0.1, -0.05) is 6.42 Å². The van der Waals surface area contributed by atoms with Crippen LogP contribution in [0.2, 0.25) is 0 Å². The third-order valence-electron chi connectivity index (χ3n) is 1.78. The average Bonchev–Trinajstić information content (AvgIpc) is 2.13. The van der Waals surface area contributed by atoms with E-state index >= 15 is 0 Å². The molecule has 9 heavy (non-hydrogen) atoms. The predicted octanol–water partition coefficient (Wildman–Crippen LogP) is -1.10. The SMILES string of the molecule is O=C([O-])[C@@H]1CCC[C@@H]1O. The Morgan fingerprint density at radius 3 is 2.44 bits per heavy atom. The molecule has 3 nitrogen and oxygen atoms in total. The number of carboxylic acids is 1. The fourth-order valence-electron chi connectivity index (χ4n) is 1.22. The highest BCUT2D eigenvalue weighted by atomic mass is 16.4. The molecule has 0 aromatic rings. The van der Waals surface area contributed by atoms with Crippen LogP contribution in [0.4, 0.5) is 0 Å². The minimum absolute atomic E-state index is 0.573. The van der Waals surface area contributed by atoms with E-state index in [1.54, 1.807) is 0 Å². The van der Waals surface area contributed by atoms with Crippen molar-refractivity contribution in [3.63, 3.8) is 0 Å². The van der Waals surface area contributed by atoms with Gasteiger partial charge in [-0.3, -0.25) is 0 Å². The van der Waals surface area contributed by atoms with Crippen LogP contribution < -0.4 is 5.11 Å². The summed E-state index contributed by atoms with van der Waals surface area (Å²) in [6.07, 6.45) is 1.33. The molecule has 52 valence electrons. The molecule has 0 aliphatic heterocycles. The van der Waals surface area contributed by atoms with Gasteiger partial charge in [-0.2, -0.15) is 0 Å². The summed E-state index contributed by atoms with van der Waals surface area (Å²) < 4.78 is 0. The smallest absolute Gasteiger partial charge is 0.0620 e. The Morgan fingerprint density at radius 1 is 1.56 bits per heavy atom. The Morgan fingerprint density at radius 2 is 2.22 bits per heavy atom. The van der Waals surface area contributed by atoms with Gasteiger partial charge in [0.25, 0.3) is 0 Å². The second kappa shape index (κ2) is 2.35. The third-order valence-corrected chi connectivity index (χ3v) is 1.78. The fourth-order valence-corrected chi connectivity index (χ4v) is 1.22. The van der Waals surface area contributed by atoms with E-state index in [1.807, 2.05) is 0 Å². The number of hydrogen-bond donors (Lipinski definition) is 1. The Balaban J connectivity index is 2.49. The van der Waals surface area contributed by atoms with Crippen molar-refractivity contribution in [2.45, 2.75) is 25.4 Å². The lowest BCUT2D eigenvalue weighted by Crippen LogP contribution is -2.35. The lowest BCUT2D eigenvalue weighted by atomic mass is 10.1. The molecule has 1 fully saturated rings. The Hall–Kier alpha value is -0.570. The molecule has 0 spiro atoms. The van der Waals surface area contributed by atoms with Crippen molar-refractivity contribution in [3.8, 4) is 0 Å². The monoisotopic (exact) mass is 129 g/mol. The number of aliphatic hydroxyl groups is 1. The molecule has 1 aliphatic carbocycles. The van der Waals surface area contributed by atoms with Gasteiger partial charge in [-0.25, -0.2) is 0 Å². The molecule has 2 atom stereocenters. The maximum absolute atomic E-state index is 10.1. The first-order chi connectivity index (χ1) is 4.22. The second-order valence-electron chi connectivity index (χ2n) is 2.42. The van der Waals surface area contributed by atoms with E-state index in [9.17, 15) is 9.90 Å². The zero-order valence-electron chi connectivity index (χ0n) is 5.04. The molecule has 0 aromatic carbocycles. The molecular formula is C6H9O3-. The number of aliphatic carboxylic acids is 1. The highest BCUT2D eigenvalue weighted by Crippen LogP contribution is 2.24. The largest absolute Gasteiger partial charge is 0.550 e. The molecule has 0 bridgehead atoms. The van der Waals surface area contributed by atoms with Gasteiger partial charge in [0, 0.05) is 11.9 Å². The minimum atomic E-state index is -1.11. The van der Waals surface area contributed by atoms with E-state index in [1.165, 1.54) is 0 Å². The molecule has 1 saturated carbocycles. The summed E-state index contributed by atoms with van der Waals surface area (Å²) in [5.74, 6) is -1.72. The van der Waals surface area contributed by atoms with Gasteiger partial charge in [0.15, 0.2) is 0 Å². The van der Waals surface area contributed by atoms with E-state index in [2.05, 4.69) is 0 Å². The van der Waals surface area contributed by atoms with Crippen LogP contribution in [0, 0.1) is 5.92 Å². The maximum Gasteiger partial charge on any atom is 0.0620 e. The van der Waals surface area contributed by atoms with Crippen molar-refractivity contribution in [2.75, 3.05) is 0 Å². The average molecular weight is 129 g/mol. The minimum Gasteiger partial charge on any atom is -0.550 e. The van der Waals surface area contributed by atoms with Gasteiger partial charge in [0.1, 0.15) is 0 Å². The van der Waals surface area contributed by atoms with Crippen molar-refractivity contribution in [3.05, 3.63) is 0 Å². The van der Waals surface area contributed by atoms with E-state index < -0.39 is 18.0 Å². The quantitative estimate of drug-likeness (QED) is 0.488. The first-order valence-electron chi connectivity index (χ1n) is 3.10. The molecule has 0 saturated heterocycles. The lowest BCUT2D eigenvalue weighted by Gasteiger charge is -2.13. The molecule has 0 radical (unpaired) electrons. The topological polar surface area (TPSA) is 60.4 Å². The van der Waals surface area contributed by atoms with Crippen LogP contribution in [0.15, 0.2) is 0 Å². The first-order valence-corrected chi connectivity index (χ1v) is 3.10. The van der Waals surface area contributed by atoms with Crippen molar-refractivity contribution < 1.29 is 15.0 Å². The van der Waals surface area contributed by atoms with Crippen LogP contribution in [0.1, 0.15) is 19.3 Å². The number of hydrogen-bond acceptors (Lipinski definition) is 3. The first kappa shape index (κ1) is 6.55. The number of aliphatic hydroxyl groups excluding tert-OH is 1.